The number of hydrogen-bond donors (Lipinski definition) is 1. The number of unbranched alkanes of at least 4 members (excludes halogenated alkanes) is 15. The molecule has 4 heteroatoms. The van der Waals surface area contributed by atoms with Gasteiger partial charge in [-0.05, 0) is 37.0 Å². The molecular weight excluding hydrogens is 376 g/mol. The maximum Gasteiger partial charge on any atom is 0.303 e. The summed E-state index contributed by atoms with van der Waals surface area (Å²) in [5.74, 6) is 1.12. The Morgan fingerprint density at radius 1 is 0.667 bits per heavy atom. The second-order valence-corrected chi connectivity index (χ2v) is 8.74. The molecule has 1 aromatic rings. The van der Waals surface area contributed by atoms with Gasteiger partial charge in [-0.15, -0.1) is 0 Å². The normalized spacial score (nSPS) is 12.4. The number of aryl methyl sites for hydroxylation is 1. The van der Waals surface area contributed by atoms with Crippen LogP contribution in [0, 0.1) is 0 Å². The Hall–Kier alpha value is -1.71. The predicted octanol–water partition coefficient (Wildman–Crippen LogP) is 7.67. The van der Waals surface area contributed by atoms with Crippen LogP contribution in [0.25, 0.3) is 0 Å². The Kier molecular flexibility index (Phi) is 13.1. The molecule has 4 nitrogen and oxygen atoms in total. The van der Waals surface area contributed by atoms with Crippen molar-refractivity contribution in [3.8, 4) is 11.5 Å². The van der Waals surface area contributed by atoms with E-state index in [0.29, 0.717) is 13.2 Å². The number of carboxylic acid groups (broad SMARTS) is 1. The highest BCUT2D eigenvalue weighted by Gasteiger charge is 2.12. The maximum absolute atomic E-state index is 10.4. The Labute approximate surface area is 183 Å². The van der Waals surface area contributed by atoms with Crippen LogP contribution in [-0.2, 0) is 11.2 Å². The van der Waals surface area contributed by atoms with E-state index in [1.807, 2.05) is 6.07 Å². The van der Waals surface area contributed by atoms with E-state index in [0.717, 1.165) is 30.8 Å². The Morgan fingerprint density at radius 3 is 1.67 bits per heavy atom. The predicted molar refractivity (Wildman–Crippen MR) is 122 cm³/mol. The Bertz CT molecular complexity index is 584. The molecule has 0 aromatic heterocycles. The molecule has 170 valence electrons. The number of carbonyl (C=O) groups is 1. The van der Waals surface area contributed by atoms with Crippen molar-refractivity contribution in [2.45, 2.75) is 116 Å². The van der Waals surface area contributed by atoms with Gasteiger partial charge in [0.15, 0.2) is 11.5 Å². The van der Waals surface area contributed by atoms with Crippen LogP contribution in [0.4, 0.5) is 0 Å². The number of rotatable bonds is 19. The van der Waals surface area contributed by atoms with Gasteiger partial charge in [-0.25, -0.2) is 0 Å². The lowest BCUT2D eigenvalue weighted by molar-refractivity contribution is -0.137. The highest BCUT2D eigenvalue weighted by atomic mass is 16.7. The number of benzene rings is 1. The molecule has 0 amide bonds. The minimum atomic E-state index is -0.660. The second kappa shape index (κ2) is 16.0. The maximum atomic E-state index is 10.4. The molecule has 1 heterocycles. The molecule has 1 N–H and O–H groups in total. The van der Waals surface area contributed by atoms with Gasteiger partial charge in [0, 0.05) is 6.42 Å². The summed E-state index contributed by atoms with van der Waals surface area (Å²) < 4.78 is 10.8. The van der Waals surface area contributed by atoms with Gasteiger partial charge in [-0.2, -0.15) is 0 Å². The van der Waals surface area contributed by atoms with Crippen LogP contribution in [0.5, 0.6) is 11.5 Å². The third kappa shape index (κ3) is 11.5. The number of ether oxygens (including phenoxy) is 2. The van der Waals surface area contributed by atoms with Crippen molar-refractivity contribution in [2.75, 3.05) is 6.79 Å². The molecule has 0 atom stereocenters. The lowest BCUT2D eigenvalue weighted by Gasteiger charge is -2.05. The molecule has 0 fully saturated rings. The fraction of sp³-hybridized carbons (Fsp3) is 0.731. The standard InChI is InChI=1S/C26H42O4/c27-26(28)18-16-14-12-10-8-6-4-2-1-3-5-7-9-11-13-15-17-23-19-20-24-25(21-23)30-22-29-24/h19-21H,1-18,22H2,(H,27,28). The zero-order valence-electron chi connectivity index (χ0n) is 18.8. The van der Waals surface area contributed by atoms with Crippen LogP contribution in [-0.4, -0.2) is 17.9 Å². The summed E-state index contributed by atoms with van der Waals surface area (Å²) in [7, 11) is 0. The first-order valence-corrected chi connectivity index (χ1v) is 12.4. The summed E-state index contributed by atoms with van der Waals surface area (Å²) in [6.07, 6.45) is 22.2. The van der Waals surface area contributed by atoms with Crippen LogP contribution < -0.4 is 9.47 Å². The molecule has 0 bridgehead atoms. The number of carboxylic acids is 1. The summed E-state index contributed by atoms with van der Waals surface area (Å²) in [5, 5.41) is 8.60. The summed E-state index contributed by atoms with van der Waals surface area (Å²) in [6, 6.07) is 6.32. The third-order valence-electron chi connectivity index (χ3n) is 6.04. The van der Waals surface area contributed by atoms with Crippen LogP contribution in [0.1, 0.15) is 115 Å². The first-order valence-electron chi connectivity index (χ1n) is 12.4. The minimum absolute atomic E-state index is 0.334. The van der Waals surface area contributed by atoms with Gasteiger partial charge >= 0.3 is 5.97 Å². The van der Waals surface area contributed by atoms with Crippen molar-refractivity contribution in [2.24, 2.45) is 0 Å². The van der Waals surface area contributed by atoms with Gasteiger partial charge in [0.1, 0.15) is 0 Å². The van der Waals surface area contributed by atoms with Crippen molar-refractivity contribution in [3.63, 3.8) is 0 Å². The van der Waals surface area contributed by atoms with Gasteiger partial charge in [-0.1, -0.05) is 96.0 Å². The van der Waals surface area contributed by atoms with Crippen LogP contribution in [0.2, 0.25) is 0 Å². The molecule has 1 aliphatic rings. The summed E-state index contributed by atoms with van der Waals surface area (Å²) >= 11 is 0. The summed E-state index contributed by atoms with van der Waals surface area (Å²) in [6.45, 7) is 0.358. The van der Waals surface area contributed by atoms with Crippen LogP contribution >= 0.6 is 0 Å². The van der Waals surface area contributed by atoms with E-state index in [1.165, 1.54) is 95.5 Å². The molecule has 0 aliphatic carbocycles. The van der Waals surface area contributed by atoms with E-state index < -0.39 is 5.97 Å². The molecule has 0 saturated heterocycles. The first kappa shape index (κ1) is 24.6. The molecule has 2 rings (SSSR count). The molecule has 1 aromatic carbocycles. The molecule has 0 unspecified atom stereocenters. The van der Waals surface area contributed by atoms with Crippen LogP contribution in [0.15, 0.2) is 18.2 Å². The van der Waals surface area contributed by atoms with Crippen molar-refractivity contribution in [1.82, 2.24) is 0 Å². The Morgan fingerprint density at radius 2 is 1.13 bits per heavy atom. The van der Waals surface area contributed by atoms with E-state index in [9.17, 15) is 4.79 Å². The van der Waals surface area contributed by atoms with E-state index in [-0.39, 0.29) is 0 Å². The zero-order valence-corrected chi connectivity index (χ0v) is 18.8. The highest BCUT2D eigenvalue weighted by Crippen LogP contribution is 2.32. The van der Waals surface area contributed by atoms with Crippen molar-refractivity contribution in [3.05, 3.63) is 23.8 Å². The smallest absolute Gasteiger partial charge is 0.303 e. The van der Waals surface area contributed by atoms with Gasteiger partial charge in [0.25, 0.3) is 0 Å². The Balaban J connectivity index is 1.27. The molecule has 0 saturated carbocycles. The quantitative estimate of drug-likeness (QED) is 0.234. The number of hydrogen-bond acceptors (Lipinski definition) is 3. The fourth-order valence-corrected chi connectivity index (χ4v) is 4.18. The zero-order chi connectivity index (χ0) is 21.3. The van der Waals surface area contributed by atoms with E-state index in [4.69, 9.17) is 14.6 Å². The van der Waals surface area contributed by atoms with E-state index in [2.05, 4.69) is 12.1 Å². The molecule has 1 aliphatic heterocycles. The van der Waals surface area contributed by atoms with Crippen molar-refractivity contribution >= 4 is 5.97 Å². The van der Waals surface area contributed by atoms with Crippen molar-refractivity contribution in [1.29, 1.82) is 0 Å². The molecule has 0 radical (unpaired) electrons. The van der Waals surface area contributed by atoms with E-state index in [1.54, 1.807) is 0 Å². The largest absolute Gasteiger partial charge is 0.481 e. The lowest BCUT2D eigenvalue weighted by Crippen LogP contribution is -1.93. The second-order valence-electron chi connectivity index (χ2n) is 8.74. The van der Waals surface area contributed by atoms with Gasteiger partial charge < -0.3 is 14.6 Å². The van der Waals surface area contributed by atoms with Gasteiger partial charge in [0.05, 0.1) is 0 Å². The first-order chi connectivity index (χ1) is 14.8. The van der Waals surface area contributed by atoms with Gasteiger partial charge in [0.2, 0.25) is 6.79 Å². The average molecular weight is 419 g/mol. The molecule has 0 spiro atoms. The topological polar surface area (TPSA) is 55.8 Å². The third-order valence-corrected chi connectivity index (χ3v) is 6.04. The average Bonchev–Trinajstić information content (AvgIpc) is 3.20. The van der Waals surface area contributed by atoms with Crippen molar-refractivity contribution < 1.29 is 19.4 Å². The van der Waals surface area contributed by atoms with Gasteiger partial charge in [-0.3, -0.25) is 4.79 Å². The summed E-state index contributed by atoms with van der Waals surface area (Å²) in [5.41, 5.74) is 1.36. The highest BCUT2D eigenvalue weighted by molar-refractivity contribution is 5.66. The fourth-order valence-electron chi connectivity index (χ4n) is 4.18. The monoisotopic (exact) mass is 418 g/mol. The number of fused-ring (bicyclic) bond motifs is 1. The summed E-state index contributed by atoms with van der Waals surface area (Å²) in [4.78, 5) is 10.4. The molecular formula is C26H42O4. The SMILES string of the molecule is O=C(O)CCCCCCCCCCCCCCCCCCc1ccc2c(c1)OCO2. The minimum Gasteiger partial charge on any atom is -0.481 e. The number of aliphatic carboxylic acids is 1. The van der Waals surface area contributed by atoms with Crippen LogP contribution in [0.3, 0.4) is 0 Å². The molecule has 30 heavy (non-hydrogen) atoms. The lowest BCUT2D eigenvalue weighted by atomic mass is 10.0. The van der Waals surface area contributed by atoms with E-state index >= 15 is 0 Å².